The van der Waals surface area contributed by atoms with Gasteiger partial charge in [0.2, 0.25) is 0 Å². The first-order valence-electron chi connectivity index (χ1n) is 4.14. The molecule has 0 radical (unpaired) electrons. The van der Waals surface area contributed by atoms with Gasteiger partial charge in [0.25, 0.3) is 0 Å². The SMILES string of the molecule is Cc1ccc(Br)cc1C(C)(N)C(=O)O. The topological polar surface area (TPSA) is 63.3 Å². The van der Waals surface area contributed by atoms with Crippen molar-refractivity contribution in [1.82, 2.24) is 0 Å². The first kappa shape index (κ1) is 11.2. The Morgan fingerprint density at radius 1 is 1.57 bits per heavy atom. The van der Waals surface area contributed by atoms with E-state index in [-0.39, 0.29) is 0 Å². The van der Waals surface area contributed by atoms with E-state index in [2.05, 4.69) is 15.9 Å². The molecule has 0 fully saturated rings. The molecule has 1 unspecified atom stereocenters. The Bertz CT molecular complexity index is 374. The molecule has 4 heteroatoms. The van der Waals surface area contributed by atoms with E-state index >= 15 is 0 Å². The van der Waals surface area contributed by atoms with Crippen molar-refractivity contribution in [1.29, 1.82) is 0 Å². The first-order chi connectivity index (χ1) is 6.35. The van der Waals surface area contributed by atoms with E-state index in [9.17, 15) is 4.79 Å². The molecule has 0 bridgehead atoms. The zero-order valence-electron chi connectivity index (χ0n) is 8.04. The van der Waals surface area contributed by atoms with Crippen LogP contribution in [0.2, 0.25) is 0 Å². The second-order valence-corrected chi connectivity index (χ2v) is 4.38. The van der Waals surface area contributed by atoms with Crippen LogP contribution in [0.25, 0.3) is 0 Å². The zero-order valence-corrected chi connectivity index (χ0v) is 9.63. The predicted octanol–water partition coefficient (Wildman–Crippen LogP) is 2.02. The highest BCUT2D eigenvalue weighted by Crippen LogP contribution is 2.25. The Labute approximate surface area is 91.1 Å². The van der Waals surface area contributed by atoms with E-state index in [0.29, 0.717) is 5.56 Å². The van der Waals surface area contributed by atoms with Crippen LogP contribution in [0, 0.1) is 6.92 Å². The van der Waals surface area contributed by atoms with Gasteiger partial charge in [0.1, 0.15) is 5.54 Å². The van der Waals surface area contributed by atoms with Gasteiger partial charge in [-0.05, 0) is 37.1 Å². The predicted molar refractivity (Wildman–Crippen MR) is 58.1 cm³/mol. The van der Waals surface area contributed by atoms with E-state index in [0.717, 1.165) is 10.0 Å². The molecule has 0 aliphatic heterocycles. The molecule has 1 aromatic carbocycles. The van der Waals surface area contributed by atoms with Gasteiger partial charge < -0.3 is 10.8 Å². The smallest absolute Gasteiger partial charge is 0.328 e. The Balaban J connectivity index is 3.31. The lowest BCUT2D eigenvalue weighted by molar-refractivity contribution is -0.143. The quantitative estimate of drug-likeness (QED) is 0.852. The molecule has 76 valence electrons. The van der Waals surface area contributed by atoms with E-state index in [4.69, 9.17) is 10.8 Å². The number of hydrogen-bond donors (Lipinski definition) is 2. The minimum Gasteiger partial charge on any atom is -0.480 e. The maximum absolute atomic E-state index is 10.9. The molecular weight excluding hydrogens is 246 g/mol. The van der Waals surface area contributed by atoms with Crippen LogP contribution in [0.1, 0.15) is 18.1 Å². The van der Waals surface area contributed by atoms with Crippen LogP contribution in [-0.4, -0.2) is 11.1 Å². The van der Waals surface area contributed by atoms with Gasteiger partial charge in [-0.3, -0.25) is 0 Å². The van der Waals surface area contributed by atoms with Crippen LogP contribution in [0.15, 0.2) is 22.7 Å². The molecule has 0 spiro atoms. The lowest BCUT2D eigenvalue weighted by atomic mass is 9.90. The molecule has 3 nitrogen and oxygen atoms in total. The Morgan fingerprint density at radius 3 is 2.64 bits per heavy atom. The van der Waals surface area contributed by atoms with Crippen molar-refractivity contribution in [2.45, 2.75) is 19.4 Å². The summed E-state index contributed by atoms with van der Waals surface area (Å²) in [6.45, 7) is 3.33. The summed E-state index contributed by atoms with van der Waals surface area (Å²) in [6.07, 6.45) is 0. The lowest BCUT2D eigenvalue weighted by Gasteiger charge is -2.22. The third-order valence-electron chi connectivity index (χ3n) is 2.20. The number of nitrogens with two attached hydrogens (primary N) is 1. The summed E-state index contributed by atoms with van der Waals surface area (Å²) in [7, 11) is 0. The summed E-state index contributed by atoms with van der Waals surface area (Å²) in [6, 6.07) is 5.44. The number of halogens is 1. The van der Waals surface area contributed by atoms with E-state index in [1.54, 1.807) is 6.07 Å². The van der Waals surface area contributed by atoms with Crippen molar-refractivity contribution in [3.05, 3.63) is 33.8 Å². The number of carbonyl (C=O) groups is 1. The van der Waals surface area contributed by atoms with Crippen LogP contribution >= 0.6 is 15.9 Å². The number of hydrogen-bond acceptors (Lipinski definition) is 2. The number of rotatable bonds is 2. The number of carboxylic acids is 1. The number of aliphatic carboxylic acids is 1. The van der Waals surface area contributed by atoms with Crippen molar-refractivity contribution in [3.63, 3.8) is 0 Å². The molecule has 0 aliphatic carbocycles. The largest absolute Gasteiger partial charge is 0.480 e. The maximum atomic E-state index is 10.9. The maximum Gasteiger partial charge on any atom is 0.328 e. The standard InChI is InChI=1S/C10H12BrNO2/c1-6-3-4-7(11)5-8(6)10(2,12)9(13)14/h3-5H,12H2,1-2H3,(H,13,14). The minimum absolute atomic E-state index is 0.624. The average molecular weight is 258 g/mol. The van der Waals surface area contributed by atoms with E-state index < -0.39 is 11.5 Å². The molecular formula is C10H12BrNO2. The molecule has 3 N–H and O–H groups in total. The molecule has 0 heterocycles. The summed E-state index contributed by atoms with van der Waals surface area (Å²) in [5.74, 6) is -1.03. The fourth-order valence-corrected chi connectivity index (χ4v) is 1.63. The summed E-state index contributed by atoms with van der Waals surface area (Å²) < 4.78 is 0.830. The number of benzene rings is 1. The molecule has 0 saturated carbocycles. The Morgan fingerprint density at radius 2 is 2.14 bits per heavy atom. The summed E-state index contributed by atoms with van der Waals surface area (Å²) >= 11 is 3.29. The minimum atomic E-state index is -1.34. The third kappa shape index (κ3) is 1.96. The van der Waals surface area contributed by atoms with Crippen LogP contribution in [-0.2, 0) is 10.3 Å². The van der Waals surface area contributed by atoms with Crippen LogP contribution in [0.5, 0.6) is 0 Å². The van der Waals surface area contributed by atoms with Crippen molar-refractivity contribution in [2.24, 2.45) is 5.73 Å². The number of aryl methyl sites for hydroxylation is 1. The second-order valence-electron chi connectivity index (χ2n) is 3.47. The monoisotopic (exact) mass is 257 g/mol. The molecule has 0 aromatic heterocycles. The molecule has 1 aromatic rings. The fraction of sp³-hybridized carbons (Fsp3) is 0.300. The summed E-state index contributed by atoms with van der Waals surface area (Å²) in [5.41, 5.74) is 5.89. The van der Waals surface area contributed by atoms with Crippen molar-refractivity contribution in [3.8, 4) is 0 Å². The van der Waals surface area contributed by atoms with Gasteiger partial charge in [-0.1, -0.05) is 22.0 Å². The van der Waals surface area contributed by atoms with Gasteiger partial charge in [0, 0.05) is 4.47 Å². The summed E-state index contributed by atoms with van der Waals surface area (Å²) in [4.78, 5) is 10.9. The van der Waals surface area contributed by atoms with Gasteiger partial charge in [0.15, 0.2) is 0 Å². The highest BCUT2D eigenvalue weighted by Gasteiger charge is 2.31. The average Bonchev–Trinajstić information content (AvgIpc) is 2.08. The molecule has 1 rings (SSSR count). The van der Waals surface area contributed by atoms with Crippen molar-refractivity contribution >= 4 is 21.9 Å². The lowest BCUT2D eigenvalue weighted by Crippen LogP contribution is -2.42. The van der Waals surface area contributed by atoms with Crippen LogP contribution in [0.3, 0.4) is 0 Å². The molecule has 0 saturated heterocycles. The third-order valence-corrected chi connectivity index (χ3v) is 2.70. The Kier molecular flexibility index (Phi) is 2.97. The van der Waals surface area contributed by atoms with Crippen LogP contribution < -0.4 is 5.73 Å². The Hall–Kier alpha value is -0.870. The van der Waals surface area contributed by atoms with Gasteiger partial charge in [-0.25, -0.2) is 4.79 Å². The number of carboxylic acid groups (broad SMARTS) is 1. The fourth-order valence-electron chi connectivity index (χ4n) is 1.27. The van der Waals surface area contributed by atoms with Gasteiger partial charge in [-0.2, -0.15) is 0 Å². The van der Waals surface area contributed by atoms with Crippen molar-refractivity contribution in [2.75, 3.05) is 0 Å². The first-order valence-corrected chi connectivity index (χ1v) is 4.94. The van der Waals surface area contributed by atoms with Gasteiger partial charge in [0.05, 0.1) is 0 Å². The van der Waals surface area contributed by atoms with E-state index in [1.165, 1.54) is 6.92 Å². The van der Waals surface area contributed by atoms with E-state index in [1.807, 2.05) is 19.1 Å². The molecule has 14 heavy (non-hydrogen) atoms. The second kappa shape index (κ2) is 3.71. The normalized spacial score (nSPS) is 14.9. The van der Waals surface area contributed by atoms with Crippen LogP contribution in [0.4, 0.5) is 0 Å². The van der Waals surface area contributed by atoms with Gasteiger partial charge >= 0.3 is 5.97 Å². The van der Waals surface area contributed by atoms with Gasteiger partial charge in [-0.15, -0.1) is 0 Å². The molecule has 1 atom stereocenters. The highest BCUT2D eigenvalue weighted by atomic mass is 79.9. The zero-order chi connectivity index (χ0) is 10.9. The summed E-state index contributed by atoms with van der Waals surface area (Å²) in [5, 5.41) is 8.97. The highest BCUT2D eigenvalue weighted by molar-refractivity contribution is 9.10. The molecule has 0 aliphatic rings. The molecule has 0 amide bonds. The van der Waals surface area contributed by atoms with Crippen molar-refractivity contribution < 1.29 is 9.90 Å².